The highest BCUT2D eigenvalue weighted by molar-refractivity contribution is 7.92. The van der Waals surface area contributed by atoms with Crippen LogP contribution in [0.15, 0.2) is 53.4 Å². The molecule has 0 amide bonds. The summed E-state index contributed by atoms with van der Waals surface area (Å²) in [5, 5.41) is 8.89. The second kappa shape index (κ2) is 5.38. The first kappa shape index (κ1) is 13.5. The van der Waals surface area contributed by atoms with Gasteiger partial charge in [-0.05, 0) is 29.8 Å². The van der Waals surface area contributed by atoms with Crippen LogP contribution in [0.4, 0.5) is 10.1 Å². The topological polar surface area (TPSA) is 66.4 Å². The predicted octanol–water partition coefficient (Wildman–Crippen LogP) is 2.12. The van der Waals surface area contributed by atoms with Crippen LogP contribution in [0.2, 0.25) is 0 Å². The van der Waals surface area contributed by atoms with Crippen LogP contribution < -0.4 is 4.72 Å². The van der Waals surface area contributed by atoms with E-state index in [1.165, 1.54) is 30.3 Å². The summed E-state index contributed by atoms with van der Waals surface area (Å²) in [6, 6.07) is 11.3. The van der Waals surface area contributed by atoms with Gasteiger partial charge in [-0.1, -0.05) is 24.3 Å². The molecule has 0 fully saturated rings. The van der Waals surface area contributed by atoms with Gasteiger partial charge in [-0.25, -0.2) is 12.8 Å². The molecule has 0 bridgehead atoms. The Kier molecular flexibility index (Phi) is 3.82. The summed E-state index contributed by atoms with van der Waals surface area (Å²) < 4.78 is 39.7. The minimum Gasteiger partial charge on any atom is -0.392 e. The SMILES string of the molecule is O=S(=O)(Nc1ccc(CO)cc1)c1ccccc1F. The number of nitrogens with one attached hydrogen (secondary N) is 1. The van der Waals surface area contributed by atoms with Crippen molar-refractivity contribution in [2.75, 3.05) is 4.72 Å². The van der Waals surface area contributed by atoms with Crippen molar-refractivity contribution in [1.82, 2.24) is 0 Å². The van der Waals surface area contributed by atoms with Gasteiger partial charge in [-0.2, -0.15) is 0 Å². The van der Waals surface area contributed by atoms with Crippen LogP contribution in [-0.2, 0) is 16.6 Å². The van der Waals surface area contributed by atoms with Crippen LogP contribution in [-0.4, -0.2) is 13.5 Å². The van der Waals surface area contributed by atoms with Gasteiger partial charge >= 0.3 is 0 Å². The summed E-state index contributed by atoms with van der Waals surface area (Å²) in [7, 11) is -3.95. The molecule has 0 atom stereocenters. The fraction of sp³-hybridized carbons (Fsp3) is 0.0769. The van der Waals surface area contributed by atoms with Crippen molar-refractivity contribution in [2.45, 2.75) is 11.5 Å². The molecule has 0 spiro atoms. The Hall–Kier alpha value is -1.92. The zero-order valence-electron chi connectivity index (χ0n) is 9.88. The lowest BCUT2D eigenvalue weighted by Gasteiger charge is -2.09. The van der Waals surface area contributed by atoms with Crippen molar-refractivity contribution in [1.29, 1.82) is 0 Å². The van der Waals surface area contributed by atoms with Crippen LogP contribution >= 0.6 is 0 Å². The zero-order chi connectivity index (χ0) is 13.9. The molecular formula is C13H12FNO3S. The Balaban J connectivity index is 2.28. The second-order valence-corrected chi connectivity index (χ2v) is 5.54. The van der Waals surface area contributed by atoms with Crippen molar-refractivity contribution in [3.8, 4) is 0 Å². The van der Waals surface area contributed by atoms with E-state index >= 15 is 0 Å². The molecule has 4 nitrogen and oxygen atoms in total. The van der Waals surface area contributed by atoms with Crippen molar-refractivity contribution >= 4 is 15.7 Å². The quantitative estimate of drug-likeness (QED) is 0.902. The van der Waals surface area contributed by atoms with Crippen molar-refractivity contribution < 1.29 is 17.9 Å². The average molecular weight is 281 g/mol. The number of halogens is 1. The molecule has 2 aromatic rings. The van der Waals surface area contributed by atoms with Gasteiger partial charge in [0, 0.05) is 5.69 Å². The van der Waals surface area contributed by atoms with Gasteiger partial charge in [0.2, 0.25) is 0 Å². The normalized spacial score (nSPS) is 11.3. The van der Waals surface area contributed by atoms with Crippen molar-refractivity contribution in [2.24, 2.45) is 0 Å². The standard InChI is InChI=1S/C13H12FNO3S/c14-12-3-1-2-4-13(12)19(17,18)15-11-7-5-10(9-16)6-8-11/h1-8,15-16H,9H2. The third kappa shape index (κ3) is 3.10. The first-order valence-electron chi connectivity index (χ1n) is 5.50. The molecular weight excluding hydrogens is 269 g/mol. The number of aliphatic hydroxyl groups excluding tert-OH is 1. The van der Waals surface area contributed by atoms with Gasteiger partial charge in [0.25, 0.3) is 10.0 Å². The number of hydrogen-bond donors (Lipinski definition) is 2. The van der Waals surface area contributed by atoms with Crippen LogP contribution in [0.5, 0.6) is 0 Å². The highest BCUT2D eigenvalue weighted by Crippen LogP contribution is 2.18. The highest BCUT2D eigenvalue weighted by atomic mass is 32.2. The number of hydrogen-bond acceptors (Lipinski definition) is 3. The fourth-order valence-corrected chi connectivity index (χ4v) is 2.69. The molecule has 6 heteroatoms. The van der Waals surface area contributed by atoms with Crippen molar-refractivity contribution in [3.63, 3.8) is 0 Å². The third-order valence-electron chi connectivity index (χ3n) is 2.51. The summed E-state index contributed by atoms with van der Waals surface area (Å²) in [5.74, 6) is -0.804. The van der Waals surface area contributed by atoms with E-state index in [-0.39, 0.29) is 6.61 Å². The molecule has 0 aliphatic rings. The zero-order valence-corrected chi connectivity index (χ0v) is 10.7. The van der Waals surface area contributed by atoms with Crippen molar-refractivity contribution in [3.05, 3.63) is 59.9 Å². The number of anilines is 1. The minimum atomic E-state index is -3.95. The van der Waals surface area contributed by atoms with E-state index in [0.29, 0.717) is 11.3 Å². The molecule has 0 unspecified atom stereocenters. The molecule has 0 saturated heterocycles. The fourth-order valence-electron chi connectivity index (χ4n) is 1.55. The molecule has 2 rings (SSSR count). The van der Waals surface area contributed by atoms with E-state index in [1.54, 1.807) is 12.1 Å². The molecule has 19 heavy (non-hydrogen) atoms. The van der Waals surface area contributed by atoms with Crippen LogP contribution in [0, 0.1) is 5.82 Å². The Morgan fingerprint density at radius 3 is 2.26 bits per heavy atom. The largest absolute Gasteiger partial charge is 0.392 e. The highest BCUT2D eigenvalue weighted by Gasteiger charge is 2.18. The smallest absolute Gasteiger partial charge is 0.264 e. The summed E-state index contributed by atoms with van der Waals surface area (Å²) in [4.78, 5) is -0.402. The lowest BCUT2D eigenvalue weighted by atomic mass is 10.2. The maximum atomic E-state index is 13.5. The molecule has 2 N–H and O–H groups in total. The van der Waals surface area contributed by atoms with Crippen LogP contribution in [0.25, 0.3) is 0 Å². The molecule has 2 aromatic carbocycles. The van der Waals surface area contributed by atoms with Crippen LogP contribution in [0.3, 0.4) is 0 Å². The van der Waals surface area contributed by atoms with E-state index < -0.39 is 20.7 Å². The second-order valence-electron chi connectivity index (χ2n) is 3.89. The summed E-state index contributed by atoms with van der Waals surface area (Å²) in [6.07, 6.45) is 0. The molecule has 100 valence electrons. The van der Waals surface area contributed by atoms with Gasteiger partial charge in [-0.3, -0.25) is 4.72 Å². The molecule has 0 saturated carbocycles. The van der Waals surface area contributed by atoms with E-state index in [2.05, 4.69) is 4.72 Å². The maximum Gasteiger partial charge on any atom is 0.264 e. The third-order valence-corrected chi connectivity index (χ3v) is 3.93. The number of rotatable bonds is 4. The number of aliphatic hydroxyl groups is 1. The van der Waals surface area contributed by atoms with Crippen LogP contribution in [0.1, 0.15) is 5.56 Å². The van der Waals surface area contributed by atoms with Gasteiger partial charge in [0.15, 0.2) is 0 Å². The van der Waals surface area contributed by atoms with Gasteiger partial charge in [0.05, 0.1) is 6.61 Å². The molecule has 0 radical (unpaired) electrons. The number of sulfonamides is 1. The monoisotopic (exact) mass is 281 g/mol. The van der Waals surface area contributed by atoms with Gasteiger partial charge in [-0.15, -0.1) is 0 Å². The van der Waals surface area contributed by atoms with E-state index in [9.17, 15) is 12.8 Å². The van der Waals surface area contributed by atoms with E-state index in [1.807, 2.05) is 0 Å². The molecule has 0 aromatic heterocycles. The Bertz CT molecular complexity index is 669. The Labute approximate surface area is 110 Å². The summed E-state index contributed by atoms with van der Waals surface area (Å²) >= 11 is 0. The predicted molar refractivity (Wildman–Crippen MR) is 69.6 cm³/mol. The summed E-state index contributed by atoms with van der Waals surface area (Å²) in [5.41, 5.74) is 0.967. The molecule has 0 aliphatic heterocycles. The first-order valence-corrected chi connectivity index (χ1v) is 6.98. The Morgan fingerprint density at radius 1 is 1.05 bits per heavy atom. The average Bonchev–Trinajstić information content (AvgIpc) is 2.39. The maximum absolute atomic E-state index is 13.5. The Morgan fingerprint density at radius 2 is 1.68 bits per heavy atom. The number of benzene rings is 2. The molecule has 0 heterocycles. The van der Waals surface area contributed by atoms with Gasteiger partial charge in [0.1, 0.15) is 10.7 Å². The summed E-state index contributed by atoms with van der Waals surface area (Å²) in [6.45, 7) is -0.125. The lowest BCUT2D eigenvalue weighted by Crippen LogP contribution is -2.14. The molecule has 0 aliphatic carbocycles. The lowest BCUT2D eigenvalue weighted by molar-refractivity contribution is 0.282. The van der Waals surface area contributed by atoms with Gasteiger partial charge < -0.3 is 5.11 Å². The van der Waals surface area contributed by atoms with E-state index in [0.717, 1.165) is 6.07 Å². The minimum absolute atomic E-state index is 0.125. The van der Waals surface area contributed by atoms with E-state index in [4.69, 9.17) is 5.11 Å². The first-order chi connectivity index (χ1) is 9.03.